The van der Waals surface area contributed by atoms with E-state index >= 15 is 0 Å². The first-order valence-electron chi connectivity index (χ1n) is 8.15. The molecule has 0 aliphatic carbocycles. The van der Waals surface area contributed by atoms with Crippen LogP contribution in [0.4, 0.5) is 5.82 Å². The maximum absolute atomic E-state index is 9.15. The van der Waals surface area contributed by atoms with Gasteiger partial charge in [0, 0.05) is 30.8 Å². The summed E-state index contributed by atoms with van der Waals surface area (Å²) in [6.45, 7) is 4.88. The molecule has 1 aliphatic heterocycles. The molecule has 1 aromatic carbocycles. The molecule has 2 aromatic rings. The van der Waals surface area contributed by atoms with Gasteiger partial charge in [-0.15, -0.1) is 0 Å². The highest BCUT2D eigenvalue weighted by Crippen LogP contribution is 2.24. The molecule has 0 saturated carbocycles. The molecule has 0 bridgehead atoms. The van der Waals surface area contributed by atoms with Crippen LogP contribution in [-0.4, -0.2) is 24.8 Å². The van der Waals surface area contributed by atoms with Gasteiger partial charge in [0.05, 0.1) is 18.8 Å². The lowest BCUT2D eigenvalue weighted by atomic mass is 10.1. The first-order chi connectivity index (χ1) is 11.8. The highest BCUT2D eigenvalue weighted by Gasteiger charge is 2.17. The number of nitrogens with zero attached hydrogens (tertiary/aromatic N) is 2. The van der Waals surface area contributed by atoms with Gasteiger partial charge in [-0.3, -0.25) is 0 Å². The fraction of sp³-hybridized carbons (Fsp3) is 0.368. The lowest BCUT2D eigenvalue weighted by molar-refractivity contribution is 0.167. The summed E-state index contributed by atoms with van der Waals surface area (Å²) in [5.74, 6) is 1.94. The van der Waals surface area contributed by atoms with Gasteiger partial charge in [0.2, 0.25) is 0 Å². The molecule has 1 unspecified atom stereocenters. The Balaban J connectivity index is 1.69. The number of pyridine rings is 1. The van der Waals surface area contributed by atoms with Gasteiger partial charge in [-0.25, -0.2) is 4.98 Å². The highest BCUT2D eigenvalue weighted by atomic mass is 16.5. The molecule has 1 aromatic heterocycles. The maximum atomic E-state index is 9.15. The molecule has 3 rings (SSSR count). The van der Waals surface area contributed by atoms with Crippen LogP contribution in [0.2, 0.25) is 0 Å². The summed E-state index contributed by atoms with van der Waals surface area (Å²) in [6.07, 6.45) is 2.73. The lowest BCUT2D eigenvalue weighted by Gasteiger charge is -2.16. The van der Waals surface area contributed by atoms with Crippen molar-refractivity contribution < 1.29 is 9.47 Å². The number of nitriles is 1. The summed E-state index contributed by atoms with van der Waals surface area (Å²) in [4.78, 5) is 4.23. The van der Waals surface area contributed by atoms with Crippen LogP contribution in [0.5, 0.6) is 5.75 Å². The Bertz CT molecular complexity index is 734. The predicted octanol–water partition coefficient (Wildman–Crippen LogP) is 3.29. The van der Waals surface area contributed by atoms with Crippen molar-refractivity contribution in [1.29, 1.82) is 5.26 Å². The molecule has 0 amide bonds. The fourth-order valence-electron chi connectivity index (χ4n) is 2.68. The second kappa shape index (κ2) is 7.80. The molecule has 0 radical (unpaired) electrons. The lowest BCUT2D eigenvalue weighted by Crippen LogP contribution is -2.13. The minimum Gasteiger partial charge on any atom is -0.493 e. The minimum absolute atomic E-state index is 0.465. The largest absolute Gasteiger partial charge is 0.493 e. The number of rotatable bonds is 6. The van der Waals surface area contributed by atoms with Gasteiger partial charge in [0.15, 0.2) is 0 Å². The van der Waals surface area contributed by atoms with Crippen molar-refractivity contribution in [3.63, 3.8) is 0 Å². The van der Waals surface area contributed by atoms with E-state index in [1.54, 1.807) is 18.3 Å². The molecule has 1 aliphatic rings. The molecule has 124 valence electrons. The number of hydrogen-bond acceptors (Lipinski definition) is 5. The number of benzene rings is 1. The number of aromatic nitrogens is 1. The molecule has 1 saturated heterocycles. The molecule has 1 atom stereocenters. The number of ether oxygens (including phenoxy) is 2. The quantitative estimate of drug-likeness (QED) is 0.883. The van der Waals surface area contributed by atoms with Crippen molar-refractivity contribution >= 4 is 5.82 Å². The van der Waals surface area contributed by atoms with Crippen LogP contribution in [0.15, 0.2) is 36.5 Å². The summed E-state index contributed by atoms with van der Waals surface area (Å²) < 4.78 is 11.4. The van der Waals surface area contributed by atoms with Crippen LogP contribution in [0.1, 0.15) is 23.1 Å². The smallest absolute Gasteiger partial charge is 0.144 e. The van der Waals surface area contributed by atoms with Gasteiger partial charge in [0.1, 0.15) is 17.6 Å². The Hall–Kier alpha value is -2.58. The molecule has 24 heavy (non-hydrogen) atoms. The predicted molar refractivity (Wildman–Crippen MR) is 91.9 cm³/mol. The monoisotopic (exact) mass is 323 g/mol. The Labute approximate surface area is 142 Å². The number of hydrogen-bond donors (Lipinski definition) is 1. The van der Waals surface area contributed by atoms with Crippen molar-refractivity contribution in [2.75, 3.05) is 25.1 Å². The zero-order valence-electron chi connectivity index (χ0n) is 13.8. The van der Waals surface area contributed by atoms with Crippen LogP contribution in [0, 0.1) is 24.2 Å². The van der Waals surface area contributed by atoms with Crippen molar-refractivity contribution in [3.8, 4) is 11.8 Å². The van der Waals surface area contributed by atoms with Crippen molar-refractivity contribution in [3.05, 3.63) is 53.2 Å². The Kier molecular flexibility index (Phi) is 5.29. The van der Waals surface area contributed by atoms with E-state index in [0.29, 0.717) is 30.5 Å². The van der Waals surface area contributed by atoms with Crippen molar-refractivity contribution in [1.82, 2.24) is 4.98 Å². The molecule has 1 fully saturated rings. The standard InChI is InChI=1S/C19H21N3O2/c1-14-4-5-17(11-22-19-16(10-20)3-2-7-21-19)18(9-14)24-13-15-6-8-23-12-15/h2-5,7,9,15H,6,8,11-13H2,1H3,(H,21,22). The Morgan fingerprint density at radius 2 is 2.33 bits per heavy atom. The molecule has 5 nitrogen and oxygen atoms in total. The second-order valence-corrected chi connectivity index (χ2v) is 6.02. The molecule has 5 heteroatoms. The zero-order valence-corrected chi connectivity index (χ0v) is 13.8. The first kappa shape index (κ1) is 16.3. The molecular formula is C19H21N3O2. The molecule has 2 heterocycles. The van der Waals surface area contributed by atoms with Gasteiger partial charge in [0.25, 0.3) is 0 Å². The van der Waals surface area contributed by atoms with Crippen molar-refractivity contribution in [2.24, 2.45) is 5.92 Å². The van der Waals surface area contributed by atoms with Gasteiger partial charge in [-0.05, 0) is 37.1 Å². The Morgan fingerprint density at radius 1 is 1.42 bits per heavy atom. The zero-order chi connectivity index (χ0) is 16.8. The topological polar surface area (TPSA) is 67.2 Å². The summed E-state index contributed by atoms with van der Waals surface area (Å²) in [5.41, 5.74) is 2.75. The Morgan fingerprint density at radius 3 is 3.12 bits per heavy atom. The third kappa shape index (κ3) is 4.03. The van der Waals surface area contributed by atoms with E-state index in [4.69, 9.17) is 14.7 Å². The van der Waals surface area contributed by atoms with Crippen molar-refractivity contribution in [2.45, 2.75) is 19.9 Å². The van der Waals surface area contributed by atoms with Gasteiger partial charge in [-0.1, -0.05) is 12.1 Å². The third-order valence-corrected chi connectivity index (χ3v) is 4.10. The van der Waals surface area contributed by atoms with Crippen LogP contribution in [0.25, 0.3) is 0 Å². The number of anilines is 1. The average molecular weight is 323 g/mol. The fourth-order valence-corrected chi connectivity index (χ4v) is 2.68. The van der Waals surface area contributed by atoms with E-state index in [1.807, 2.05) is 0 Å². The van der Waals surface area contributed by atoms with E-state index in [1.165, 1.54) is 0 Å². The van der Waals surface area contributed by atoms with E-state index in [-0.39, 0.29) is 0 Å². The summed E-state index contributed by atoms with van der Waals surface area (Å²) in [6, 6.07) is 11.8. The maximum Gasteiger partial charge on any atom is 0.144 e. The van der Waals surface area contributed by atoms with Crippen LogP contribution >= 0.6 is 0 Å². The van der Waals surface area contributed by atoms with Crippen LogP contribution in [-0.2, 0) is 11.3 Å². The SMILES string of the molecule is Cc1ccc(CNc2ncccc2C#N)c(OCC2CCOC2)c1. The van der Waals surface area contributed by atoms with E-state index in [2.05, 4.69) is 41.5 Å². The molecule has 0 spiro atoms. The summed E-state index contributed by atoms with van der Waals surface area (Å²) >= 11 is 0. The van der Waals surface area contributed by atoms with E-state index in [0.717, 1.165) is 36.5 Å². The third-order valence-electron chi connectivity index (χ3n) is 4.10. The van der Waals surface area contributed by atoms with Crippen LogP contribution < -0.4 is 10.1 Å². The van der Waals surface area contributed by atoms with Gasteiger partial charge >= 0.3 is 0 Å². The van der Waals surface area contributed by atoms with E-state index in [9.17, 15) is 0 Å². The summed E-state index contributed by atoms with van der Waals surface area (Å²) in [5, 5.41) is 12.4. The van der Waals surface area contributed by atoms with E-state index < -0.39 is 0 Å². The van der Waals surface area contributed by atoms with Crippen LogP contribution in [0.3, 0.4) is 0 Å². The first-order valence-corrected chi connectivity index (χ1v) is 8.15. The molecular weight excluding hydrogens is 302 g/mol. The number of aryl methyl sites for hydroxylation is 1. The molecule has 1 N–H and O–H groups in total. The summed E-state index contributed by atoms with van der Waals surface area (Å²) in [7, 11) is 0. The number of nitrogens with one attached hydrogen (secondary N) is 1. The second-order valence-electron chi connectivity index (χ2n) is 6.02. The highest BCUT2D eigenvalue weighted by molar-refractivity contribution is 5.52. The average Bonchev–Trinajstić information content (AvgIpc) is 3.13. The van der Waals surface area contributed by atoms with Gasteiger partial charge < -0.3 is 14.8 Å². The minimum atomic E-state index is 0.465. The normalized spacial score (nSPS) is 16.6. The van der Waals surface area contributed by atoms with Gasteiger partial charge in [-0.2, -0.15) is 5.26 Å².